The Morgan fingerprint density at radius 1 is 1.26 bits per heavy atom. The molecule has 1 fully saturated rings. The molecule has 2 unspecified atom stereocenters. The third-order valence-electron chi connectivity index (χ3n) is 5.58. The molecule has 1 N–H and O–H groups in total. The smallest absolute Gasteiger partial charge is 0.195 e. The molecule has 0 amide bonds. The molecule has 2 aliphatic rings. The highest BCUT2D eigenvalue weighted by atomic mass is 35.5. The van der Waals surface area contributed by atoms with Gasteiger partial charge >= 0.3 is 0 Å². The van der Waals surface area contributed by atoms with E-state index < -0.39 is 17.5 Å². The van der Waals surface area contributed by atoms with Gasteiger partial charge in [0.1, 0.15) is 23.3 Å². The molecule has 0 aromatic heterocycles. The number of aliphatic hydroxyl groups excluding tert-OH is 1. The Balaban J connectivity index is 1.89. The SMILES string of the molecule is CCc1ccc(-c2ccc(Cl)c(F)c2)cc1C1=C(O)C2(C)CCC(O2)C1=O. The average Bonchev–Trinajstić information content (AvgIpc) is 3.03. The lowest BCUT2D eigenvalue weighted by molar-refractivity contribution is -0.130. The Hall–Kier alpha value is -2.17. The molecule has 2 bridgehead atoms. The molecule has 5 heteroatoms. The van der Waals surface area contributed by atoms with Crippen molar-refractivity contribution in [2.24, 2.45) is 0 Å². The fourth-order valence-electron chi connectivity index (χ4n) is 3.97. The Morgan fingerprint density at radius 3 is 2.67 bits per heavy atom. The van der Waals surface area contributed by atoms with Crippen molar-refractivity contribution < 1.29 is 19.0 Å². The zero-order valence-electron chi connectivity index (χ0n) is 15.2. The lowest BCUT2D eigenvalue weighted by Gasteiger charge is -2.31. The minimum absolute atomic E-state index is 0.00427. The van der Waals surface area contributed by atoms with Crippen molar-refractivity contribution >= 4 is 23.0 Å². The molecule has 2 aromatic rings. The van der Waals surface area contributed by atoms with Crippen molar-refractivity contribution in [3.05, 3.63) is 64.1 Å². The van der Waals surface area contributed by atoms with Gasteiger partial charge in [0, 0.05) is 0 Å². The molecule has 1 saturated heterocycles. The number of halogens is 2. The van der Waals surface area contributed by atoms with E-state index in [0.717, 1.165) is 11.1 Å². The Morgan fingerprint density at radius 2 is 1.96 bits per heavy atom. The second-order valence-corrected chi connectivity index (χ2v) is 7.73. The fourth-order valence-corrected chi connectivity index (χ4v) is 4.09. The summed E-state index contributed by atoms with van der Waals surface area (Å²) in [6.07, 6.45) is 1.41. The first kappa shape index (κ1) is 18.2. The number of benzene rings is 2. The molecule has 2 atom stereocenters. The molecular formula is C22H20ClFO3. The van der Waals surface area contributed by atoms with Crippen LogP contribution in [0.2, 0.25) is 5.02 Å². The molecule has 2 aromatic carbocycles. The average molecular weight is 387 g/mol. The Bertz CT molecular complexity index is 982. The summed E-state index contributed by atoms with van der Waals surface area (Å²) < 4.78 is 19.7. The highest BCUT2D eigenvalue weighted by molar-refractivity contribution is 6.30. The molecule has 2 aliphatic heterocycles. The van der Waals surface area contributed by atoms with Crippen LogP contribution in [-0.2, 0) is 16.0 Å². The highest BCUT2D eigenvalue weighted by Crippen LogP contribution is 2.45. The van der Waals surface area contributed by atoms with Crippen LogP contribution < -0.4 is 0 Å². The van der Waals surface area contributed by atoms with Crippen molar-refractivity contribution in [3.8, 4) is 11.1 Å². The van der Waals surface area contributed by atoms with Crippen LogP contribution in [0.5, 0.6) is 0 Å². The van der Waals surface area contributed by atoms with Crippen LogP contribution in [0.1, 0.15) is 37.8 Å². The first-order valence-electron chi connectivity index (χ1n) is 9.08. The zero-order valence-corrected chi connectivity index (χ0v) is 15.9. The largest absolute Gasteiger partial charge is 0.508 e. The van der Waals surface area contributed by atoms with Gasteiger partial charge in [0.15, 0.2) is 5.78 Å². The maximum Gasteiger partial charge on any atom is 0.195 e. The number of carbonyl (C=O) groups is 1. The number of ether oxygens (including phenoxy) is 1. The number of hydrogen-bond donors (Lipinski definition) is 1. The summed E-state index contributed by atoms with van der Waals surface area (Å²) >= 11 is 5.79. The Kier molecular flexibility index (Phi) is 4.36. The minimum Gasteiger partial charge on any atom is -0.508 e. The quantitative estimate of drug-likeness (QED) is 0.757. The van der Waals surface area contributed by atoms with Gasteiger partial charge in [0.2, 0.25) is 0 Å². The first-order valence-corrected chi connectivity index (χ1v) is 9.46. The number of fused-ring (bicyclic) bond motifs is 2. The second kappa shape index (κ2) is 6.47. The normalized spacial score (nSPS) is 24.6. The van der Waals surface area contributed by atoms with Gasteiger partial charge in [-0.25, -0.2) is 4.39 Å². The lowest BCUT2D eigenvalue weighted by Crippen LogP contribution is -2.37. The molecule has 0 spiro atoms. The van der Waals surface area contributed by atoms with Crippen molar-refractivity contribution in [2.75, 3.05) is 0 Å². The van der Waals surface area contributed by atoms with E-state index in [1.54, 1.807) is 6.07 Å². The summed E-state index contributed by atoms with van der Waals surface area (Å²) in [5.74, 6) is -0.683. The molecule has 0 aliphatic carbocycles. The van der Waals surface area contributed by atoms with Gasteiger partial charge in [-0.2, -0.15) is 0 Å². The summed E-state index contributed by atoms with van der Waals surface area (Å²) in [5, 5.41) is 10.9. The molecular weight excluding hydrogens is 367 g/mol. The van der Waals surface area contributed by atoms with Crippen LogP contribution in [0.25, 0.3) is 16.7 Å². The van der Waals surface area contributed by atoms with E-state index in [1.165, 1.54) is 12.1 Å². The summed E-state index contributed by atoms with van der Waals surface area (Å²) in [7, 11) is 0. The predicted octanol–water partition coefficient (Wildman–Crippen LogP) is 5.50. The molecule has 27 heavy (non-hydrogen) atoms. The zero-order chi connectivity index (χ0) is 19.3. The van der Waals surface area contributed by atoms with Gasteiger partial charge in [0.05, 0.1) is 10.6 Å². The number of aryl methyl sites for hydroxylation is 1. The van der Waals surface area contributed by atoms with Crippen LogP contribution in [0.3, 0.4) is 0 Å². The molecule has 0 saturated carbocycles. The third kappa shape index (κ3) is 2.88. The molecule has 4 rings (SSSR count). The fraction of sp³-hybridized carbons (Fsp3) is 0.318. The van der Waals surface area contributed by atoms with E-state index in [-0.39, 0.29) is 16.6 Å². The number of rotatable bonds is 3. The minimum atomic E-state index is -0.818. The van der Waals surface area contributed by atoms with E-state index in [9.17, 15) is 14.3 Å². The lowest BCUT2D eigenvalue weighted by atomic mass is 9.86. The van der Waals surface area contributed by atoms with Gasteiger partial charge < -0.3 is 9.84 Å². The predicted molar refractivity (Wildman–Crippen MR) is 103 cm³/mol. The topological polar surface area (TPSA) is 46.5 Å². The molecule has 0 radical (unpaired) electrons. The number of aliphatic hydroxyl groups is 1. The van der Waals surface area contributed by atoms with Crippen molar-refractivity contribution in [3.63, 3.8) is 0 Å². The first-order chi connectivity index (χ1) is 12.8. The van der Waals surface area contributed by atoms with Crippen LogP contribution in [0, 0.1) is 5.82 Å². The Labute approximate surface area is 162 Å². The van der Waals surface area contributed by atoms with E-state index in [2.05, 4.69) is 0 Å². The number of carbonyl (C=O) groups excluding carboxylic acids is 1. The molecule has 3 nitrogen and oxygen atoms in total. The van der Waals surface area contributed by atoms with E-state index in [0.29, 0.717) is 36.0 Å². The van der Waals surface area contributed by atoms with Gasteiger partial charge in [-0.3, -0.25) is 4.79 Å². The van der Waals surface area contributed by atoms with Crippen molar-refractivity contribution in [1.82, 2.24) is 0 Å². The maximum atomic E-state index is 13.9. The standard InChI is InChI=1S/C22H20ClFO3/c1-3-12-4-5-13(14-6-7-16(23)17(24)11-14)10-15(12)19-20(25)18-8-9-22(2,27-18)21(19)26/h4-7,10-11,18,26H,3,8-9H2,1-2H3. The van der Waals surface area contributed by atoms with Crippen molar-refractivity contribution in [2.45, 2.75) is 44.8 Å². The number of Topliss-reactive ketones (excluding diaryl/α,β-unsaturated/α-hetero) is 1. The maximum absolute atomic E-state index is 13.9. The summed E-state index contributed by atoms with van der Waals surface area (Å²) in [4.78, 5) is 12.9. The van der Waals surface area contributed by atoms with E-state index >= 15 is 0 Å². The molecule has 2 heterocycles. The van der Waals surface area contributed by atoms with Crippen LogP contribution in [0.4, 0.5) is 4.39 Å². The third-order valence-corrected chi connectivity index (χ3v) is 5.88. The van der Waals surface area contributed by atoms with E-state index in [4.69, 9.17) is 16.3 Å². The monoisotopic (exact) mass is 386 g/mol. The van der Waals surface area contributed by atoms with Gasteiger partial charge in [-0.05, 0) is 66.6 Å². The van der Waals surface area contributed by atoms with Crippen molar-refractivity contribution in [1.29, 1.82) is 0 Å². The summed E-state index contributed by atoms with van der Waals surface area (Å²) in [6, 6.07) is 10.3. The van der Waals surface area contributed by atoms with Gasteiger partial charge in [-0.15, -0.1) is 0 Å². The summed E-state index contributed by atoms with van der Waals surface area (Å²) in [5.41, 5.74) is 2.58. The number of ketones is 1. The van der Waals surface area contributed by atoms with Gasteiger partial charge in [0.25, 0.3) is 0 Å². The van der Waals surface area contributed by atoms with Gasteiger partial charge in [-0.1, -0.05) is 36.7 Å². The van der Waals surface area contributed by atoms with Crippen LogP contribution in [-0.4, -0.2) is 22.6 Å². The highest BCUT2D eigenvalue weighted by Gasteiger charge is 2.50. The second-order valence-electron chi connectivity index (χ2n) is 7.32. The number of hydrogen-bond acceptors (Lipinski definition) is 3. The summed E-state index contributed by atoms with van der Waals surface area (Å²) in [6.45, 7) is 3.82. The van der Waals surface area contributed by atoms with Crippen LogP contribution >= 0.6 is 11.6 Å². The van der Waals surface area contributed by atoms with Crippen LogP contribution in [0.15, 0.2) is 42.2 Å². The molecule has 140 valence electrons. The van der Waals surface area contributed by atoms with E-state index in [1.807, 2.05) is 32.0 Å².